The number of aromatic nitrogens is 2. The minimum absolute atomic E-state index is 0.649. The lowest BCUT2D eigenvalue weighted by Crippen LogP contribution is -2.61. The van der Waals surface area contributed by atoms with Gasteiger partial charge in [0.25, 0.3) is 0 Å². The van der Waals surface area contributed by atoms with Crippen LogP contribution in [0, 0.1) is 0 Å². The number of methoxy groups -OCH3 is 2. The molecule has 0 aliphatic carbocycles. The van der Waals surface area contributed by atoms with Gasteiger partial charge in [0, 0.05) is 55.2 Å². The van der Waals surface area contributed by atoms with Crippen LogP contribution in [-0.2, 0) is 0 Å². The summed E-state index contributed by atoms with van der Waals surface area (Å²) in [5.41, 5.74) is 0.885. The fraction of sp³-hybridized carbons (Fsp3) is 0.529. The first-order valence-electron chi connectivity index (χ1n) is 8.23. The lowest BCUT2D eigenvalue weighted by Gasteiger charge is -2.47. The van der Waals surface area contributed by atoms with E-state index in [9.17, 15) is 0 Å². The molecule has 0 N–H and O–H groups in total. The largest absolute Gasteiger partial charge is 0.493 e. The summed E-state index contributed by atoms with van der Waals surface area (Å²) in [5, 5.41) is 1.02. The zero-order valence-electron chi connectivity index (χ0n) is 14.1. The Bertz CT molecular complexity index is 730. The zero-order valence-corrected chi connectivity index (χ0v) is 14.9. The molecule has 0 radical (unpaired) electrons. The quantitative estimate of drug-likeness (QED) is 0.838. The number of rotatable bonds is 4. The summed E-state index contributed by atoms with van der Waals surface area (Å²) in [6, 6.07) is 4.54. The zero-order chi connectivity index (χ0) is 16.5. The topological polar surface area (TPSA) is 50.7 Å². The van der Waals surface area contributed by atoms with E-state index in [1.807, 2.05) is 12.1 Å². The third kappa shape index (κ3) is 2.75. The van der Waals surface area contributed by atoms with E-state index in [2.05, 4.69) is 31.5 Å². The Morgan fingerprint density at radius 1 is 1.04 bits per heavy atom. The van der Waals surface area contributed by atoms with Crippen molar-refractivity contribution >= 4 is 28.5 Å². The number of thioether (sulfide) groups is 1. The van der Waals surface area contributed by atoms with Crippen LogP contribution in [0.5, 0.6) is 11.5 Å². The van der Waals surface area contributed by atoms with Crippen molar-refractivity contribution < 1.29 is 9.47 Å². The number of anilines is 1. The number of nitrogens with zero attached hydrogens (tertiary/aromatic N) is 4. The average Bonchev–Trinajstić information content (AvgIpc) is 2.60. The summed E-state index contributed by atoms with van der Waals surface area (Å²) in [4.78, 5) is 13.9. The van der Waals surface area contributed by atoms with Crippen molar-refractivity contribution in [3.8, 4) is 11.5 Å². The van der Waals surface area contributed by atoms with Gasteiger partial charge in [-0.2, -0.15) is 11.8 Å². The second kappa shape index (κ2) is 6.64. The highest BCUT2D eigenvalue weighted by atomic mass is 32.2. The van der Waals surface area contributed by atoms with Crippen LogP contribution in [0.1, 0.15) is 0 Å². The van der Waals surface area contributed by atoms with Crippen molar-refractivity contribution in [1.29, 1.82) is 0 Å². The molecule has 128 valence electrons. The first-order valence-corrected chi connectivity index (χ1v) is 9.39. The summed E-state index contributed by atoms with van der Waals surface area (Å²) in [6.07, 6.45) is 1.63. The molecule has 1 aromatic heterocycles. The third-order valence-corrected chi connectivity index (χ3v) is 5.79. The molecule has 24 heavy (non-hydrogen) atoms. The van der Waals surface area contributed by atoms with E-state index in [0.717, 1.165) is 29.8 Å². The summed E-state index contributed by atoms with van der Waals surface area (Å²) < 4.78 is 10.8. The molecule has 2 aliphatic rings. The van der Waals surface area contributed by atoms with E-state index < -0.39 is 0 Å². The Balaban J connectivity index is 1.58. The van der Waals surface area contributed by atoms with Gasteiger partial charge in [0.15, 0.2) is 11.5 Å². The highest BCUT2D eigenvalue weighted by Crippen LogP contribution is 2.36. The fourth-order valence-corrected chi connectivity index (χ4v) is 4.35. The third-order valence-electron chi connectivity index (χ3n) is 4.84. The van der Waals surface area contributed by atoms with E-state index in [4.69, 9.17) is 9.47 Å². The van der Waals surface area contributed by atoms with Crippen LogP contribution in [0.2, 0.25) is 0 Å². The number of benzene rings is 1. The van der Waals surface area contributed by atoms with Gasteiger partial charge in [-0.3, -0.25) is 4.90 Å². The van der Waals surface area contributed by atoms with Crippen molar-refractivity contribution in [2.24, 2.45) is 0 Å². The van der Waals surface area contributed by atoms with Gasteiger partial charge < -0.3 is 14.4 Å². The number of fused-ring (bicyclic) bond motifs is 1. The smallest absolute Gasteiger partial charge is 0.162 e. The monoisotopic (exact) mass is 346 g/mol. The number of hydrogen-bond acceptors (Lipinski definition) is 7. The molecule has 2 aromatic rings. The second-order valence-electron chi connectivity index (χ2n) is 6.13. The average molecular weight is 346 g/mol. The molecular formula is C17H22N4O2S. The van der Waals surface area contributed by atoms with E-state index in [0.29, 0.717) is 17.5 Å². The van der Waals surface area contributed by atoms with Crippen LogP contribution in [0.25, 0.3) is 10.9 Å². The maximum absolute atomic E-state index is 5.44. The predicted octanol–water partition coefficient (Wildman–Crippen LogP) is 1.88. The molecule has 0 bridgehead atoms. The Hall–Kier alpha value is -1.73. The Morgan fingerprint density at radius 3 is 2.46 bits per heavy atom. The van der Waals surface area contributed by atoms with Gasteiger partial charge in [0.2, 0.25) is 0 Å². The number of hydrogen-bond donors (Lipinski definition) is 0. The molecule has 2 saturated heterocycles. The van der Waals surface area contributed by atoms with Gasteiger partial charge in [-0.25, -0.2) is 9.97 Å². The van der Waals surface area contributed by atoms with Crippen LogP contribution < -0.4 is 14.4 Å². The Kier molecular flexibility index (Phi) is 4.37. The van der Waals surface area contributed by atoms with Crippen molar-refractivity contribution in [1.82, 2.24) is 14.9 Å². The standard InChI is InChI=1S/C17H22N4O2S/c1-22-15-7-13-14(8-16(15)23-2)18-11-19-17(13)21-9-12(10-21)20-3-5-24-6-4-20/h7-8,11-12H,3-6,9-10H2,1-2H3. The van der Waals surface area contributed by atoms with E-state index in [1.165, 1.54) is 24.6 Å². The maximum Gasteiger partial charge on any atom is 0.162 e. The molecular weight excluding hydrogens is 324 g/mol. The molecule has 0 atom stereocenters. The maximum atomic E-state index is 5.44. The summed E-state index contributed by atoms with van der Waals surface area (Å²) in [5.74, 6) is 4.91. The van der Waals surface area contributed by atoms with E-state index >= 15 is 0 Å². The van der Waals surface area contributed by atoms with Crippen molar-refractivity contribution in [2.75, 3.05) is 56.8 Å². The summed E-state index contributed by atoms with van der Waals surface area (Å²) in [6.45, 7) is 4.48. The predicted molar refractivity (Wildman–Crippen MR) is 97.5 cm³/mol. The van der Waals surface area contributed by atoms with Crippen LogP contribution >= 0.6 is 11.8 Å². The molecule has 2 fully saturated rings. The van der Waals surface area contributed by atoms with Crippen molar-refractivity contribution in [3.05, 3.63) is 18.5 Å². The molecule has 7 heteroatoms. The molecule has 0 unspecified atom stereocenters. The molecule has 0 saturated carbocycles. The molecule has 6 nitrogen and oxygen atoms in total. The second-order valence-corrected chi connectivity index (χ2v) is 7.35. The molecule has 4 rings (SSSR count). The SMILES string of the molecule is COc1cc2ncnc(N3CC(N4CCSCC4)C3)c2cc1OC. The van der Waals surface area contributed by atoms with Crippen LogP contribution in [0.15, 0.2) is 18.5 Å². The lowest BCUT2D eigenvalue weighted by atomic mass is 10.1. The number of ether oxygens (including phenoxy) is 2. The van der Waals surface area contributed by atoms with Crippen molar-refractivity contribution in [3.63, 3.8) is 0 Å². The van der Waals surface area contributed by atoms with Crippen LogP contribution in [0.4, 0.5) is 5.82 Å². The molecule has 1 aromatic carbocycles. The summed E-state index contributed by atoms with van der Waals surface area (Å²) in [7, 11) is 3.30. The van der Waals surface area contributed by atoms with E-state index in [1.54, 1.807) is 20.5 Å². The molecule has 0 amide bonds. The minimum Gasteiger partial charge on any atom is -0.493 e. The Labute approximate surface area is 146 Å². The molecule has 2 aliphatic heterocycles. The first kappa shape index (κ1) is 15.8. The van der Waals surface area contributed by atoms with Gasteiger partial charge in [-0.05, 0) is 6.07 Å². The van der Waals surface area contributed by atoms with Gasteiger partial charge in [0.05, 0.1) is 19.7 Å². The molecule has 3 heterocycles. The molecule has 0 spiro atoms. The highest BCUT2D eigenvalue weighted by Gasteiger charge is 2.34. The van der Waals surface area contributed by atoms with Gasteiger partial charge >= 0.3 is 0 Å². The Morgan fingerprint density at radius 2 is 1.75 bits per heavy atom. The van der Waals surface area contributed by atoms with Gasteiger partial charge in [-0.1, -0.05) is 0 Å². The normalized spacial score (nSPS) is 19.3. The van der Waals surface area contributed by atoms with Crippen LogP contribution in [0.3, 0.4) is 0 Å². The van der Waals surface area contributed by atoms with Gasteiger partial charge in [0.1, 0.15) is 12.1 Å². The summed E-state index contributed by atoms with van der Waals surface area (Å²) >= 11 is 2.06. The lowest BCUT2D eigenvalue weighted by molar-refractivity contribution is 0.182. The van der Waals surface area contributed by atoms with Gasteiger partial charge in [-0.15, -0.1) is 0 Å². The highest BCUT2D eigenvalue weighted by molar-refractivity contribution is 7.99. The minimum atomic E-state index is 0.649. The van der Waals surface area contributed by atoms with Crippen molar-refractivity contribution in [2.45, 2.75) is 6.04 Å². The van der Waals surface area contributed by atoms with E-state index in [-0.39, 0.29) is 0 Å². The van der Waals surface area contributed by atoms with Crippen LogP contribution in [-0.4, -0.2) is 72.8 Å². The fourth-order valence-electron chi connectivity index (χ4n) is 3.42. The first-order chi connectivity index (χ1) is 11.8.